The van der Waals surface area contributed by atoms with Crippen molar-refractivity contribution >= 4 is 5.71 Å². The number of rotatable bonds is 0. The smallest absolute Gasteiger partial charge is 0.139 e. The molecule has 0 aromatic rings. The van der Waals surface area contributed by atoms with Crippen molar-refractivity contribution < 1.29 is 0 Å². The van der Waals surface area contributed by atoms with Crippen LogP contribution in [0.15, 0.2) is 5.10 Å². The van der Waals surface area contributed by atoms with Gasteiger partial charge in [0.15, 0.2) is 0 Å². The molecule has 0 saturated carbocycles. The van der Waals surface area contributed by atoms with E-state index in [0.717, 1.165) is 13.0 Å². The Morgan fingerprint density at radius 2 is 2.71 bits per heavy atom. The first-order valence-electron chi connectivity index (χ1n) is 2.13. The predicted octanol–water partition coefficient (Wildman–Crippen LogP) is -0.141. The monoisotopic (exact) mass is 95.0 g/mol. The van der Waals surface area contributed by atoms with Crippen LogP contribution in [-0.2, 0) is 0 Å². The molecule has 1 N–H and O–H groups in total. The Balaban J connectivity index is 2.57. The third-order valence-electron chi connectivity index (χ3n) is 0.817. The normalized spacial score (nSPS) is 17.3. The molecule has 3 heteroatoms. The maximum absolute atomic E-state index is 8.15. The zero-order chi connectivity index (χ0) is 5.11. The number of nitriles is 1. The second kappa shape index (κ2) is 1.61. The van der Waals surface area contributed by atoms with Crippen molar-refractivity contribution in [2.75, 3.05) is 6.54 Å². The molecule has 1 aliphatic heterocycles. The molecule has 3 nitrogen and oxygen atoms in total. The average Bonchev–Trinajstić information content (AvgIpc) is 2.14. The van der Waals surface area contributed by atoms with Crippen LogP contribution in [0.2, 0.25) is 0 Å². The van der Waals surface area contributed by atoms with E-state index in [1.807, 2.05) is 6.07 Å². The van der Waals surface area contributed by atoms with Crippen molar-refractivity contribution in [2.45, 2.75) is 6.42 Å². The van der Waals surface area contributed by atoms with Gasteiger partial charge in [-0.2, -0.15) is 10.4 Å². The molecule has 0 unspecified atom stereocenters. The molecule has 0 spiro atoms. The van der Waals surface area contributed by atoms with Crippen molar-refractivity contribution in [3.8, 4) is 6.07 Å². The Labute approximate surface area is 41.6 Å². The summed E-state index contributed by atoms with van der Waals surface area (Å²) in [6.07, 6.45) is 0.788. The first-order chi connectivity index (χ1) is 3.43. The largest absolute Gasteiger partial charge is 0.309 e. The lowest BCUT2D eigenvalue weighted by Gasteiger charge is -1.75. The van der Waals surface area contributed by atoms with Gasteiger partial charge in [0.2, 0.25) is 0 Å². The molecule has 0 fully saturated rings. The Hall–Kier alpha value is -1.04. The fourth-order valence-electron chi connectivity index (χ4n) is 0.462. The number of nitrogens with zero attached hydrogens (tertiary/aromatic N) is 2. The summed E-state index contributed by atoms with van der Waals surface area (Å²) in [6.45, 7) is 0.822. The molecule has 1 heterocycles. The van der Waals surface area contributed by atoms with E-state index in [4.69, 9.17) is 5.26 Å². The molecule has 1 aliphatic rings. The first-order valence-corrected chi connectivity index (χ1v) is 2.13. The van der Waals surface area contributed by atoms with Crippen LogP contribution in [0.4, 0.5) is 0 Å². The van der Waals surface area contributed by atoms with E-state index in [-0.39, 0.29) is 0 Å². The molecule has 0 bridgehead atoms. The maximum Gasteiger partial charge on any atom is 0.139 e. The standard InChI is InChI=1S/C4H5N3/c5-3-4-1-2-6-7-4/h6H,1-2H2. The van der Waals surface area contributed by atoms with Crippen molar-refractivity contribution in [1.29, 1.82) is 5.26 Å². The second-order valence-corrected chi connectivity index (χ2v) is 1.33. The molecule has 0 aromatic carbocycles. The van der Waals surface area contributed by atoms with Crippen LogP contribution in [0.5, 0.6) is 0 Å². The van der Waals surface area contributed by atoms with Gasteiger partial charge < -0.3 is 5.43 Å². The molecular formula is C4H5N3. The zero-order valence-electron chi connectivity index (χ0n) is 3.81. The van der Waals surface area contributed by atoms with Crippen LogP contribution < -0.4 is 5.43 Å². The molecular weight excluding hydrogens is 90.1 g/mol. The van der Waals surface area contributed by atoms with Crippen LogP contribution in [-0.4, -0.2) is 12.3 Å². The molecule has 1 rings (SSSR count). The summed E-state index contributed by atoms with van der Waals surface area (Å²) in [4.78, 5) is 0. The van der Waals surface area contributed by atoms with Gasteiger partial charge in [0.25, 0.3) is 0 Å². The van der Waals surface area contributed by atoms with Crippen LogP contribution in [0.25, 0.3) is 0 Å². The van der Waals surface area contributed by atoms with Crippen molar-refractivity contribution in [1.82, 2.24) is 5.43 Å². The fourth-order valence-corrected chi connectivity index (χ4v) is 0.462. The van der Waals surface area contributed by atoms with Gasteiger partial charge in [-0.15, -0.1) is 0 Å². The van der Waals surface area contributed by atoms with Gasteiger partial charge in [-0.3, -0.25) is 0 Å². The minimum Gasteiger partial charge on any atom is -0.309 e. The number of hydrogen-bond donors (Lipinski definition) is 1. The molecule has 0 amide bonds. The van der Waals surface area contributed by atoms with Gasteiger partial charge in [0.05, 0.1) is 0 Å². The van der Waals surface area contributed by atoms with E-state index < -0.39 is 0 Å². The van der Waals surface area contributed by atoms with E-state index in [0.29, 0.717) is 5.71 Å². The topological polar surface area (TPSA) is 48.2 Å². The second-order valence-electron chi connectivity index (χ2n) is 1.33. The fraction of sp³-hybridized carbons (Fsp3) is 0.500. The lowest BCUT2D eigenvalue weighted by atomic mass is 10.3. The van der Waals surface area contributed by atoms with Gasteiger partial charge in [0, 0.05) is 13.0 Å². The molecule has 0 saturated heterocycles. The van der Waals surface area contributed by atoms with Gasteiger partial charge in [-0.1, -0.05) is 0 Å². The Morgan fingerprint density at radius 3 is 3.00 bits per heavy atom. The minimum absolute atomic E-state index is 0.611. The van der Waals surface area contributed by atoms with Crippen molar-refractivity contribution in [3.63, 3.8) is 0 Å². The summed E-state index contributed by atoms with van der Waals surface area (Å²) < 4.78 is 0. The summed E-state index contributed by atoms with van der Waals surface area (Å²) in [5, 5.41) is 11.8. The first kappa shape index (κ1) is 4.13. The van der Waals surface area contributed by atoms with Gasteiger partial charge in [-0.05, 0) is 0 Å². The third kappa shape index (κ3) is 0.686. The molecule has 0 aromatic heterocycles. The summed E-state index contributed by atoms with van der Waals surface area (Å²) in [5.74, 6) is 0. The molecule has 0 aliphatic carbocycles. The molecule has 7 heavy (non-hydrogen) atoms. The minimum atomic E-state index is 0.611. The van der Waals surface area contributed by atoms with Crippen LogP contribution in [0, 0.1) is 11.3 Å². The van der Waals surface area contributed by atoms with Crippen LogP contribution in [0.3, 0.4) is 0 Å². The SMILES string of the molecule is N#CC1=NNCC1. The molecule has 36 valence electrons. The van der Waals surface area contributed by atoms with E-state index >= 15 is 0 Å². The van der Waals surface area contributed by atoms with Gasteiger partial charge in [0.1, 0.15) is 11.8 Å². The van der Waals surface area contributed by atoms with E-state index in [2.05, 4.69) is 10.5 Å². The average molecular weight is 95.1 g/mol. The highest BCUT2D eigenvalue weighted by atomic mass is 15.3. The Morgan fingerprint density at radius 1 is 1.86 bits per heavy atom. The lowest BCUT2D eigenvalue weighted by Crippen LogP contribution is -1.96. The van der Waals surface area contributed by atoms with Gasteiger partial charge in [-0.25, -0.2) is 0 Å². The summed E-state index contributed by atoms with van der Waals surface area (Å²) in [5.41, 5.74) is 3.30. The van der Waals surface area contributed by atoms with E-state index in [1.54, 1.807) is 0 Å². The van der Waals surface area contributed by atoms with E-state index in [1.165, 1.54) is 0 Å². The number of hydrogen-bond acceptors (Lipinski definition) is 3. The highest BCUT2D eigenvalue weighted by Gasteiger charge is 2.01. The van der Waals surface area contributed by atoms with Crippen molar-refractivity contribution in [3.05, 3.63) is 0 Å². The maximum atomic E-state index is 8.15. The zero-order valence-corrected chi connectivity index (χ0v) is 3.81. The van der Waals surface area contributed by atoms with Crippen LogP contribution >= 0.6 is 0 Å². The number of hydrazone groups is 1. The number of nitrogens with one attached hydrogen (secondary N) is 1. The van der Waals surface area contributed by atoms with Crippen molar-refractivity contribution in [2.24, 2.45) is 5.10 Å². The lowest BCUT2D eigenvalue weighted by molar-refractivity contribution is 0.813. The van der Waals surface area contributed by atoms with E-state index in [9.17, 15) is 0 Å². The Bertz CT molecular complexity index is 130. The molecule has 0 radical (unpaired) electrons. The summed E-state index contributed by atoms with van der Waals surface area (Å²) in [6, 6.07) is 1.95. The quantitative estimate of drug-likeness (QED) is 0.455. The highest BCUT2D eigenvalue weighted by molar-refractivity contribution is 5.99. The highest BCUT2D eigenvalue weighted by Crippen LogP contribution is 1.88. The third-order valence-corrected chi connectivity index (χ3v) is 0.817. The predicted molar refractivity (Wildman–Crippen MR) is 25.7 cm³/mol. The van der Waals surface area contributed by atoms with Gasteiger partial charge >= 0.3 is 0 Å². The van der Waals surface area contributed by atoms with Crippen LogP contribution in [0.1, 0.15) is 6.42 Å². The molecule has 0 atom stereocenters. The summed E-state index contributed by atoms with van der Waals surface area (Å²) in [7, 11) is 0. The Kier molecular flexibility index (Phi) is 0.947. The summed E-state index contributed by atoms with van der Waals surface area (Å²) >= 11 is 0.